The van der Waals surface area contributed by atoms with E-state index in [0.29, 0.717) is 11.4 Å². The molecule has 25 heavy (non-hydrogen) atoms. The molecule has 1 heterocycles. The highest BCUT2D eigenvalue weighted by molar-refractivity contribution is 6.30. The molecular formula is C18H17ClN2O4. The molecule has 0 aliphatic carbocycles. The lowest BCUT2D eigenvalue weighted by atomic mass is 10.0. The molecule has 0 unspecified atom stereocenters. The number of ether oxygens (including phenoxy) is 1. The molecule has 2 aromatic rings. The van der Waals surface area contributed by atoms with Gasteiger partial charge >= 0.3 is 5.97 Å². The molecular weight excluding hydrogens is 344 g/mol. The zero-order valence-electron chi connectivity index (χ0n) is 13.6. The van der Waals surface area contributed by atoms with Gasteiger partial charge in [-0.1, -0.05) is 41.9 Å². The average Bonchev–Trinajstić information content (AvgIpc) is 2.60. The first kappa shape index (κ1) is 18.6. The number of nitrogens with one attached hydrogen (secondary N) is 1. The van der Waals surface area contributed by atoms with Crippen LogP contribution in [0, 0.1) is 0 Å². The van der Waals surface area contributed by atoms with Crippen LogP contribution in [0.4, 0.5) is 0 Å². The summed E-state index contributed by atoms with van der Waals surface area (Å²) in [4.78, 5) is 39.3. The highest BCUT2D eigenvalue weighted by Gasteiger charge is 2.19. The van der Waals surface area contributed by atoms with Gasteiger partial charge in [-0.05, 0) is 31.0 Å². The van der Waals surface area contributed by atoms with Crippen LogP contribution in [-0.4, -0.2) is 35.3 Å². The quantitative estimate of drug-likeness (QED) is 0.765. The van der Waals surface area contributed by atoms with E-state index in [4.69, 9.17) is 16.3 Å². The third-order valence-corrected chi connectivity index (χ3v) is 3.61. The summed E-state index contributed by atoms with van der Waals surface area (Å²) in [5.74, 6) is -1.51. The van der Waals surface area contributed by atoms with Gasteiger partial charge in [0.15, 0.2) is 12.4 Å². The Balaban J connectivity index is 1.88. The second kappa shape index (κ2) is 8.94. The summed E-state index contributed by atoms with van der Waals surface area (Å²) in [6.07, 6.45) is 1.73. The van der Waals surface area contributed by atoms with Gasteiger partial charge in [-0.15, -0.1) is 0 Å². The van der Waals surface area contributed by atoms with E-state index in [1.165, 1.54) is 25.3 Å². The van der Waals surface area contributed by atoms with Gasteiger partial charge in [-0.3, -0.25) is 9.59 Å². The number of amides is 1. The smallest absolute Gasteiger partial charge is 0.357 e. The molecule has 0 saturated carbocycles. The summed E-state index contributed by atoms with van der Waals surface area (Å²) in [6.45, 7) is 0.890. The van der Waals surface area contributed by atoms with Crippen LogP contribution in [0.3, 0.4) is 0 Å². The lowest BCUT2D eigenvalue weighted by Gasteiger charge is -2.16. The Hall–Kier alpha value is -2.73. The Morgan fingerprint density at radius 3 is 2.56 bits per heavy atom. The summed E-state index contributed by atoms with van der Waals surface area (Å²) in [5.41, 5.74) is 0.927. The number of benzene rings is 1. The molecule has 2 rings (SSSR count). The summed E-state index contributed by atoms with van der Waals surface area (Å²) in [6, 6.07) is 11.5. The highest BCUT2D eigenvalue weighted by atomic mass is 35.5. The minimum absolute atomic E-state index is 0.00713. The van der Waals surface area contributed by atoms with Crippen LogP contribution in [-0.2, 0) is 20.7 Å². The molecule has 1 aromatic heterocycles. The van der Waals surface area contributed by atoms with Crippen molar-refractivity contribution in [3.8, 4) is 0 Å². The molecule has 0 bridgehead atoms. The van der Waals surface area contributed by atoms with E-state index in [1.54, 1.807) is 0 Å². The van der Waals surface area contributed by atoms with Crippen LogP contribution in [0.15, 0.2) is 48.7 Å². The van der Waals surface area contributed by atoms with E-state index in [1.807, 2.05) is 30.3 Å². The maximum atomic E-state index is 12.0. The topological polar surface area (TPSA) is 85.4 Å². The van der Waals surface area contributed by atoms with E-state index >= 15 is 0 Å². The third-order valence-electron chi connectivity index (χ3n) is 3.37. The molecule has 0 aliphatic heterocycles. The van der Waals surface area contributed by atoms with Crippen molar-refractivity contribution in [1.82, 2.24) is 10.3 Å². The van der Waals surface area contributed by atoms with Crippen LogP contribution in [0.25, 0.3) is 0 Å². The van der Waals surface area contributed by atoms with E-state index in [2.05, 4.69) is 10.3 Å². The summed E-state index contributed by atoms with van der Waals surface area (Å²) in [5, 5.41) is 2.91. The van der Waals surface area contributed by atoms with Crippen LogP contribution >= 0.6 is 11.6 Å². The molecule has 1 atom stereocenters. The normalized spacial score (nSPS) is 11.4. The molecule has 0 saturated heterocycles. The largest absolute Gasteiger partial charge is 0.451 e. The number of hydrogen-bond donors (Lipinski definition) is 1. The van der Waals surface area contributed by atoms with E-state index in [9.17, 15) is 14.4 Å². The monoisotopic (exact) mass is 360 g/mol. The molecule has 7 heteroatoms. The zero-order chi connectivity index (χ0) is 18.2. The zero-order valence-corrected chi connectivity index (χ0v) is 14.3. The van der Waals surface area contributed by atoms with E-state index < -0.39 is 24.5 Å². The van der Waals surface area contributed by atoms with Crippen LogP contribution in [0.2, 0.25) is 5.02 Å². The van der Waals surface area contributed by atoms with Gasteiger partial charge in [-0.25, -0.2) is 9.78 Å². The number of carbonyl (C=O) groups excluding carboxylic acids is 3. The van der Waals surface area contributed by atoms with Crippen molar-refractivity contribution >= 4 is 29.3 Å². The molecule has 0 spiro atoms. The molecule has 0 radical (unpaired) electrons. The Morgan fingerprint density at radius 2 is 1.92 bits per heavy atom. The fourth-order valence-electron chi connectivity index (χ4n) is 2.10. The first-order chi connectivity index (χ1) is 12.0. The number of carbonyl (C=O) groups is 3. The third kappa shape index (κ3) is 6.00. The summed E-state index contributed by atoms with van der Waals surface area (Å²) < 4.78 is 4.89. The predicted octanol–water partition coefficient (Wildman–Crippen LogP) is 2.21. The Morgan fingerprint density at radius 1 is 1.20 bits per heavy atom. The van der Waals surface area contributed by atoms with Crippen molar-refractivity contribution in [3.05, 3.63) is 64.9 Å². The van der Waals surface area contributed by atoms with E-state index in [0.717, 1.165) is 5.56 Å². The van der Waals surface area contributed by atoms with Crippen LogP contribution in [0.1, 0.15) is 23.0 Å². The lowest BCUT2D eigenvalue weighted by Crippen LogP contribution is -2.43. The Labute approximate surface area is 150 Å². The Bertz CT molecular complexity index is 765. The Kier molecular flexibility index (Phi) is 6.65. The van der Waals surface area contributed by atoms with Crippen molar-refractivity contribution in [2.45, 2.75) is 19.4 Å². The summed E-state index contributed by atoms with van der Waals surface area (Å²) >= 11 is 5.77. The number of halogens is 1. The fraction of sp³-hybridized carbons (Fsp3) is 0.222. The summed E-state index contributed by atoms with van der Waals surface area (Å²) in [7, 11) is 0. The first-order valence-electron chi connectivity index (χ1n) is 7.58. The molecule has 0 fully saturated rings. The highest BCUT2D eigenvalue weighted by Crippen LogP contribution is 2.09. The first-order valence-corrected chi connectivity index (χ1v) is 7.96. The van der Waals surface area contributed by atoms with Gasteiger partial charge in [0.2, 0.25) is 0 Å². The minimum Gasteiger partial charge on any atom is -0.451 e. The molecule has 0 aliphatic rings. The van der Waals surface area contributed by atoms with Crippen molar-refractivity contribution < 1.29 is 19.1 Å². The SMILES string of the molecule is CC(=O)[C@H](Cc1ccccc1)NC(=O)COC(=O)c1cc(Cl)ccn1. The van der Waals surface area contributed by atoms with Crippen molar-refractivity contribution in [1.29, 1.82) is 0 Å². The maximum Gasteiger partial charge on any atom is 0.357 e. The van der Waals surface area contributed by atoms with Crippen LogP contribution < -0.4 is 5.32 Å². The number of rotatable bonds is 7. The second-order valence-corrected chi connectivity index (χ2v) is 5.79. The lowest BCUT2D eigenvalue weighted by molar-refractivity contribution is -0.128. The average molecular weight is 361 g/mol. The predicted molar refractivity (Wildman–Crippen MR) is 92.3 cm³/mol. The van der Waals surface area contributed by atoms with Gasteiger partial charge < -0.3 is 10.1 Å². The molecule has 130 valence electrons. The molecule has 1 amide bonds. The number of Topliss-reactive ketones (excluding diaryl/α,β-unsaturated/α-hetero) is 1. The van der Waals surface area contributed by atoms with Gasteiger partial charge in [-0.2, -0.15) is 0 Å². The number of esters is 1. The molecule has 6 nitrogen and oxygen atoms in total. The van der Waals surface area contributed by atoms with Gasteiger partial charge in [0.05, 0.1) is 6.04 Å². The van der Waals surface area contributed by atoms with Crippen molar-refractivity contribution in [2.75, 3.05) is 6.61 Å². The number of nitrogens with zero attached hydrogens (tertiary/aromatic N) is 1. The van der Waals surface area contributed by atoms with Gasteiger partial charge in [0.25, 0.3) is 5.91 Å². The number of aromatic nitrogens is 1. The van der Waals surface area contributed by atoms with Crippen molar-refractivity contribution in [3.63, 3.8) is 0 Å². The minimum atomic E-state index is -0.764. The molecule has 1 aromatic carbocycles. The second-order valence-electron chi connectivity index (χ2n) is 5.36. The van der Waals surface area contributed by atoms with Gasteiger partial charge in [0, 0.05) is 11.2 Å². The van der Waals surface area contributed by atoms with Gasteiger partial charge in [0.1, 0.15) is 5.69 Å². The van der Waals surface area contributed by atoms with Crippen LogP contribution in [0.5, 0.6) is 0 Å². The number of hydrogen-bond acceptors (Lipinski definition) is 5. The maximum absolute atomic E-state index is 12.0. The molecule has 1 N–H and O–H groups in total. The fourth-order valence-corrected chi connectivity index (χ4v) is 2.26. The van der Waals surface area contributed by atoms with E-state index in [-0.39, 0.29) is 11.5 Å². The van der Waals surface area contributed by atoms with Crippen molar-refractivity contribution in [2.24, 2.45) is 0 Å². The standard InChI is InChI=1S/C18H17ClN2O4/c1-12(22)15(9-13-5-3-2-4-6-13)21-17(23)11-25-18(24)16-10-14(19)7-8-20-16/h2-8,10,15H,9,11H2,1H3,(H,21,23)/t15-/m0/s1. The number of ketones is 1. The number of pyridine rings is 1.